The molecule has 4 nitrogen and oxygen atoms in total. The Morgan fingerprint density at radius 1 is 1.35 bits per heavy atom. The number of aromatic nitrogens is 1. The molecule has 0 bridgehead atoms. The number of carbonyl (C=O) groups excluding carboxylic acids is 1. The van der Waals surface area contributed by atoms with E-state index in [1.807, 2.05) is 46.8 Å². The molecular weight excluding hydrogens is 214 g/mol. The summed E-state index contributed by atoms with van der Waals surface area (Å²) in [5.41, 5.74) is 7.56. The van der Waals surface area contributed by atoms with E-state index in [2.05, 4.69) is 10.3 Å². The van der Waals surface area contributed by atoms with Crippen LogP contribution < -0.4 is 11.1 Å². The summed E-state index contributed by atoms with van der Waals surface area (Å²) in [6.45, 7) is 9.67. The molecule has 0 aromatic carbocycles. The molecule has 0 fully saturated rings. The van der Waals surface area contributed by atoms with Crippen LogP contribution in [0.5, 0.6) is 0 Å². The Hall–Kier alpha value is -1.42. The molecule has 0 aliphatic carbocycles. The van der Waals surface area contributed by atoms with Gasteiger partial charge in [0.15, 0.2) is 0 Å². The van der Waals surface area contributed by atoms with Gasteiger partial charge in [-0.05, 0) is 37.0 Å². The van der Waals surface area contributed by atoms with Gasteiger partial charge in [0.1, 0.15) is 5.82 Å². The minimum absolute atomic E-state index is 0.199. The Morgan fingerprint density at radius 3 is 2.41 bits per heavy atom. The minimum atomic E-state index is -0.551. The first-order chi connectivity index (χ1) is 7.70. The highest BCUT2D eigenvalue weighted by atomic mass is 16.2. The van der Waals surface area contributed by atoms with Gasteiger partial charge in [0.25, 0.3) is 0 Å². The zero-order valence-corrected chi connectivity index (χ0v) is 11.2. The lowest BCUT2D eigenvalue weighted by atomic mass is 9.87. The third-order valence-corrected chi connectivity index (χ3v) is 2.56. The summed E-state index contributed by atoms with van der Waals surface area (Å²) < 4.78 is 0. The number of rotatable bonds is 2. The van der Waals surface area contributed by atoms with Crippen molar-refractivity contribution in [3.8, 4) is 0 Å². The molecule has 1 heterocycles. The van der Waals surface area contributed by atoms with E-state index in [0.717, 1.165) is 11.3 Å². The molecular formula is C13H21N3O. The van der Waals surface area contributed by atoms with Crippen LogP contribution in [0.4, 0.5) is 5.82 Å². The second kappa shape index (κ2) is 4.84. The second-order valence-electron chi connectivity index (χ2n) is 5.50. The number of hydrogen-bond acceptors (Lipinski definition) is 3. The molecule has 17 heavy (non-hydrogen) atoms. The van der Waals surface area contributed by atoms with E-state index in [0.29, 0.717) is 5.82 Å². The molecule has 0 unspecified atom stereocenters. The molecule has 0 saturated carbocycles. The number of nitrogens with one attached hydrogen (secondary N) is 1. The average Bonchev–Trinajstić information content (AvgIpc) is 2.13. The highest BCUT2D eigenvalue weighted by molar-refractivity contribution is 5.94. The van der Waals surface area contributed by atoms with Crippen LogP contribution in [0.25, 0.3) is 0 Å². The molecule has 94 valence electrons. The Kier molecular flexibility index (Phi) is 3.88. The van der Waals surface area contributed by atoms with Crippen molar-refractivity contribution in [2.45, 2.75) is 40.7 Å². The van der Waals surface area contributed by atoms with Crippen LogP contribution in [-0.2, 0) is 4.79 Å². The van der Waals surface area contributed by atoms with E-state index < -0.39 is 6.04 Å². The van der Waals surface area contributed by atoms with Crippen LogP contribution in [0.1, 0.15) is 32.0 Å². The quantitative estimate of drug-likeness (QED) is 0.824. The smallest absolute Gasteiger partial charge is 0.242 e. The summed E-state index contributed by atoms with van der Waals surface area (Å²) in [6.07, 6.45) is 0. The van der Waals surface area contributed by atoms with Gasteiger partial charge in [0.2, 0.25) is 5.91 Å². The summed E-state index contributed by atoms with van der Waals surface area (Å²) in [4.78, 5) is 16.2. The predicted molar refractivity (Wildman–Crippen MR) is 69.8 cm³/mol. The van der Waals surface area contributed by atoms with Gasteiger partial charge in [-0.2, -0.15) is 0 Å². The maximum atomic E-state index is 11.9. The molecule has 0 saturated heterocycles. The van der Waals surface area contributed by atoms with Crippen LogP contribution >= 0.6 is 0 Å². The van der Waals surface area contributed by atoms with Crippen LogP contribution in [0.2, 0.25) is 0 Å². The molecule has 0 radical (unpaired) electrons. The van der Waals surface area contributed by atoms with Gasteiger partial charge in [0, 0.05) is 5.69 Å². The molecule has 0 aliphatic rings. The fourth-order valence-corrected chi connectivity index (χ4v) is 1.50. The standard InChI is InChI=1S/C13H21N3O/c1-8-6-9(2)15-10(7-8)16-12(17)11(14)13(3,4)5/h6-7,11H,14H2,1-5H3,(H,15,16,17)/t11-/m1/s1. The van der Waals surface area contributed by atoms with Crippen molar-refractivity contribution >= 4 is 11.7 Å². The fourth-order valence-electron chi connectivity index (χ4n) is 1.50. The predicted octanol–water partition coefficient (Wildman–Crippen LogP) is 2.01. The van der Waals surface area contributed by atoms with Crippen LogP contribution in [-0.4, -0.2) is 16.9 Å². The van der Waals surface area contributed by atoms with Crippen LogP contribution in [0.3, 0.4) is 0 Å². The summed E-state index contributed by atoms with van der Waals surface area (Å²) in [5, 5.41) is 2.75. The van der Waals surface area contributed by atoms with Gasteiger partial charge in [-0.3, -0.25) is 4.79 Å². The lowest BCUT2D eigenvalue weighted by Crippen LogP contribution is -2.45. The lowest BCUT2D eigenvalue weighted by molar-refractivity contribution is -0.119. The van der Waals surface area contributed by atoms with Gasteiger partial charge in [-0.1, -0.05) is 20.8 Å². The fraction of sp³-hybridized carbons (Fsp3) is 0.538. The van der Waals surface area contributed by atoms with E-state index in [9.17, 15) is 4.79 Å². The van der Waals surface area contributed by atoms with E-state index in [-0.39, 0.29) is 11.3 Å². The molecule has 0 spiro atoms. The van der Waals surface area contributed by atoms with Gasteiger partial charge >= 0.3 is 0 Å². The van der Waals surface area contributed by atoms with Gasteiger partial charge < -0.3 is 11.1 Å². The van der Waals surface area contributed by atoms with Crippen molar-refractivity contribution in [3.63, 3.8) is 0 Å². The molecule has 0 aliphatic heterocycles. The first kappa shape index (κ1) is 13.6. The molecule has 1 aromatic heterocycles. The first-order valence-electron chi connectivity index (χ1n) is 5.72. The molecule has 1 amide bonds. The largest absolute Gasteiger partial charge is 0.319 e. The lowest BCUT2D eigenvalue weighted by Gasteiger charge is -2.25. The zero-order chi connectivity index (χ0) is 13.2. The van der Waals surface area contributed by atoms with E-state index >= 15 is 0 Å². The van der Waals surface area contributed by atoms with Gasteiger partial charge in [0.05, 0.1) is 6.04 Å². The third-order valence-electron chi connectivity index (χ3n) is 2.56. The van der Waals surface area contributed by atoms with Crippen LogP contribution in [0, 0.1) is 19.3 Å². The first-order valence-corrected chi connectivity index (χ1v) is 5.72. The number of pyridine rings is 1. The monoisotopic (exact) mass is 235 g/mol. The zero-order valence-electron chi connectivity index (χ0n) is 11.2. The van der Waals surface area contributed by atoms with E-state index in [1.165, 1.54) is 0 Å². The normalized spacial score (nSPS) is 13.3. The summed E-state index contributed by atoms with van der Waals surface area (Å²) in [6, 6.07) is 3.24. The second-order valence-corrected chi connectivity index (χ2v) is 5.50. The van der Waals surface area contributed by atoms with Gasteiger partial charge in [-0.15, -0.1) is 0 Å². The molecule has 3 N–H and O–H groups in total. The minimum Gasteiger partial charge on any atom is -0.319 e. The van der Waals surface area contributed by atoms with Crippen molar-refractivity contribution in [2.75, 3.05) is 5.32 Å². The number of hydrogen-bond donors (Lipinski definition) is 2. The SMILES string of the molecule is Cc1cc(C)nc(NC(=O)[C@@H](N)C(C)(C)C)c1. The van der Waals surface area contributed by atoms with Gasteiger partial charge in [-0.25, -0.2) is 4.98 Å². The molecule has 1 atom stereocenters. The van der Waals surface area contributed by atoms with Crippen molar-refractivity contribution in [1.29, 1.82) is 0 Å². The average molecular weight is 235 g/mol. The summed E-state index contributed by atoms with van der Waals surface area (Å²) in [5.74, 6) is 0.363. The van der Waals surface area contributed by atoms with Crippen LogP contribution in [0.15, 0.2) is 12.1 Å². The number of nitrogens with zero attached hydrogens (tertiary/aromatic N) is 1. The number of anilines is 1. The molecule has 1 rings (SSSR count). The van der Waals surface area contributed by atoms with Crippen molar-refractivity contribution < 1.29 is 4.79 Å². The highest BCUT2D eigenvalue weighted by Gasteiger charge is 2.27. The summed E-state index contributed by atoms with van der Waals surface area (Å²) in [7, 11) is 0. The molecule has 1 aromatic rings. The Balaban J connectivity index is 2.81. The van der Waals surface area contributed by atoms with E-state index in [4.69, 9.17) is 5.73 Å². The third kappa shape index (κ3) is 3.82. The maximum absolute atomic E-state index is 11.9. The Morgan fingerprint density at radius 2 is 1.94 bits per heavy atom. The number of carbonyl (C=O) groups is 1. The Labute approximate surface area is 103 Å². The summed E-state index contributed by atoms with van der Waals surface area (Å²) >= 11 is 0. The van der Waals surface area contributed by atoms with Crippen molar-refractivity contribution in [3.05, 3.63) is 23.4 Å². The number of amides is 1. The van der Waals surface area contributed by atoms with E-state index in [1.54, 1.807) is 0 Å². The van der Waals surface area contributed by atoms with Crippen molar-refractivity contribution in [1.82, 2.24) is 4.98 Å². The highest BCUT2D eigenvalue weighted by Crippen LogP contribution is 2.18. The Bertz CT molecular complexity index is 401. The number of aryl methyl sites for hydroxylation is 2. The molecule has 4 heteroatoms. The topological polar surface area (TPSA) is 68.0 Å². The number of nitrogens with two attached hydrogens (primary N) is 1. The maximum Gasteiger partial charge on any atom is 0.242 e. The van der Waals surface area contributed by atoms with Crippen molar-refractivity contribution in [2.24, 2.45) is 11.1 Å².